The topological polar surface area (TPSA) is 84.4 Å². The van der Waals surface area contributed by atoms with Gasteiger partial charge in [0.25, 0.3) is 5.91 Å². The molecule has 7 heteroatoms. The molecule has 3 fully saturated rings. The fraction of sp³-hybridized carbons (Fsp3) is 0.489. The highest BCUT2D eigenvalue weighted by atomic mass is 16.5. The van der Waals surface area contributed by atoms with E-state index in [1.165, 1.54) is 18.4 Å². The Morgan fingerprint density at radius 2 is 1.46 bits per heavy atom. The number of hydrogen-bond acceptors (Lipinski definition) is 5. The first-order valence-electron chi connectivity index (χ1n) is 20.8. The van der Waals surface area contributed by atoms with Crippen molar-refractivity contribution in [1.82, 2.24) is 20.2 Å². The summed E-state index contributed by atoms with van der Waals surface area (Å²) in [7, 11) is 0. The highest BCUT2D eigenvalue weighted by Gasteiger charge is 2.48. The fourth-order valence-electron chi connectivity index (χ4n) is 10.6. The Hall–Kier alpha value is -4.52. The van der Waals surface area contributed by atoms with E-state index in [0.717, 1.165) is 109 Å². The van der Waals surface area contributed by atoms with Gasteiger partial charge in [-0.05, 0) is 88.0 Å². The van der Waals surface area contributed by atoms with Crippen molar-refractivity contribution < 1.29 is 14.3 Å². The largest absolute Gasteiger partial charge is 0.487 e. The molecular weight excluding hydrogens is 669 g/mol. The van der Waals surface area contributed by atoms with Crippen molar-refractivity contribution in [2.24, 2.45) is 11.8 Å². The molecular formula is C47H54N4O3. The van der Waals surface area contributed by atoms with Crippen LogP contribution >= 0.6 is 0 Å². The number of carbonyl (C=O) groups excluding carboxylic acids is 2. The minimum Gasteiger partial charge on any atom is -0.487 e. The van der Waals surface area contributed by atoms with Gasteiger partial charge in [0.1, 0.15) is 17.4 Å². The molecule has 0 bridgehead atoms. The molecule has 4 aliphatic rings. The van der Waals surface area contributed by atoms with Crippen LogP contribution in [0.1, 0.15) is 138 Å². The van der Waals surface area contributed by atoms with Gasteiger partial charge in [-0.3, -0.25) is 9.59 Å². The summed E-state index contributed by atoms with van der Waals surface area (Å²) in [6, 6.07) is 23.6. The third-order valence-electron chi connectivity index (χ3n) is 13.4. The Kier molecular flexibility index (Phi) is 9.31. The Bertz CT molecular complexity index is 2200. The van der Waals surface area contributed by atoms with E-state index < -0.39 is 6.04 Å². The molecule has 1 aromatic heterocycles. The molecule has 2 heterocycles. The number of nitrogens with zero attached hydrogens (tertiary/aromatic N) is 3. The zero-order valence-electron chi connectivity index (χ0n) is 32.2. The number of nitrogens with one attached hydrogen (secondary N) is 1. The third kappa shape index (κ3) is 6.31. The first-order chi connectivity index (χ1) is 26.3. The fourth-order valence-corrected chi connectivity index (χ4v) is 10.6. The normalized spacial score (nSPS) is 23.6. The number of amides is 2. The second-order valence-electron chi connectivity index (χ2n) is 17.4. The molecule has 5 aromatic rings. The molecule has 1 aliphatic heterocycles. The number of hydrogen-bond donors (Lipinski definition) is 1. The highest BCUT2D eigenvalue weighted by Crippen LogP contribution is 2.56. The van der Waals surface area contributed by atoms with E-state index in [0.29, 0.717) is 28.8 Å². The predicted molar refractivity (Wildman–Crippen MR) is 216 cm³/mol. The van der Waals surface area contributed by atoms with Crippen LogP contribution in [0.4, 0.5) is 0 Å². The van der Waals surface area contributed by atoms with E-state index in [1.807, 2.05) is 53.4 Å². The van der Waals surface area contributed by atoms with Gasteiger partial charge in [-0.15, -0.1) is 0 Å². The van der Waals surface area contributed by atoms with Crippen molar-refractivity contribution in [3.63, 3.8) is 0 Å². The smallest absolute Gasteiger partial charge is 0.255 e. The monoisotopic (exact) mass is 722 g/mol. The minimum atomic E-state index is -0.716. The maximum Gasteiger partial charge on any atom is 0.255 e. The molecule has 0 spiro atoms. The summed E-state index contributed by atoms with van der Waals surface area (Å²) in [5.74, 6) is 2.06. The van der Waals surface area contributed by atoms with E-state index in [-0.39, 0.29) is 29.5 Å². The van der Waals surface area contributed by atoms with Gasteiger partial charge in [0.2, 0.25) is 5.91 Å². The summed E-state index contributed by atoms with van der Waals surface area (Å²) < 4.78 is 7.00. The van der Waals surface area contributed by atoms with Crippen molar-refractivity contribution in [2.75, 3.05) is 0 Å². The van der Waals surface area contributed by atoms with Crippen molar-refractivity contribution in [2.45, 2.75) is 134 Å². The van der Waals surface area contributed by atoms with Crippen LogP contribution in [0.5, 0.6) is 5.75 Å². The molecule has 280 valence electrons. The molecule has 9 rings (SSSR count). The Balaban J connectivity index is 1.18. The van der Waals surface area contributed by atoms with Crippen LogP contribution in [0.3, 0.4) is 0 Å². The number of benzene rings is 4. The first-order valence-corrected chi connectivity index (χ1v) is 20.8. The van der Waals surface area contributed by atoms with Crippen LogP contribution in [0.15, 0.2) is 72.8 Å². The van der Waals surface area contributed by atoms with Crippen LogP contribution in [-0.4, -0.2) is 44.4 Å². The molecule has 3 aliphatic carbocycles. The van der Waals surface area contributed by atoms with E-state index in [1.54, 1.807) is 0 Å². The van der Waals surface area contributed by atoms with Gasteiger partial charge in [-0.25, -0.2) is 9.97 Å². The zero-order chi connectivity index (χ0) is 37.0. The number of aromatic nitrogens is 2. The number of fused-ring (bicyclic) bond motifs is 9. The molecule has 0 radical (unpaired) electrons. The molecule has 2 amide bonds. The molecule has 1 N–H and O–H groups in total. The third-order valence-corrected chi connectivity index (χ3v) is 13.4. The van der Waals surface area contributed by atoms with Crippen molar-refractivity contribution in [3.05, 3.63) is 89.5 Å². The van der Waals surface area contributed by atoms with Gasteiger partial charge in [0.15, 0.2) is 0 Å². The van der Waals surface area contributed by atoms with Gasteiger partial charge in [-0.2, -0.15) is 0 Å². The summed E-state index contributed by atoms with van der Waals surface area (Å²) in [5, 5.41) is 5.53. The van der Waals surface area contributed by atoms with E-state index >= 15 is 4.79 Å². The average Bonchev–Trinajstić information content (AvgIpc) is 3.19. The second kappa shape index (κ2) is 14.3. The van der Waals surface area contributed by atoms with Crippen LogP contribution in [-0.2, 0) is 4.79 Å². The molecule has 3 saturated carbocycles. The van der Waals surface area contributed by atoms with Crippen LogP contribution < -0.4 is 10.1 Å². The molecule has 54 heavy (non-hydrogen) atoms. The van der Waals surface area contributed by atoms with Gasteiger partial charge in [0.05, 0.1) is 22.1 Å². The zero-order valence-corrected chi connectivity index (χ0v) is 32.2. The second-order valence-corrected chi connectivity index (χ2v) is 17.4. The van der Waals surface area contributed by atoms with Crippen LogP contribution in [0.2, 0.25) is 0 Å². The molecule has 4 atom stereocenters. The van der Waals surface area contributed by atoms with Gasteiger partial charge >= 0.3 is 0 Å². The van der Waals surface area contributed by atoms with Crippen molar-refractivity contribution in [1.29, 1.82) is 0 Å². The highest BCUT2D eigenvalue weighted by molar-refractivity contribution is 6.11. The lowest BCUT2D eigenvalue weighted by molar-refractivity contribution is -0.127. The van der Waals surface area contributed by atoms with Gasteiger partial charge < -0.3 is 15.0 Å². The molecule has 4 aromatic carbocycles. The number of rotatable bonds is 6. The quantitative estimate of drug-likeness (QED) is 0.139. The Labute approximate surface area is 319 Å². The van der Waals surface area contributed by atoms with E-state index in [2.05, 4.69) is 50.4 Å². The van der Waals surface area contributed by atoms with Crippen LogP contribution in [0, 0.1) is 11.8 Å². The summed E-state index contributed by atoms with van der Waals surface area (Å²) in [6.07, 6.45) is 13.9. The van der Waals surface area contributed by atoms with E-state index in [4.69, 9.17) is 14.7 Å². The summed E-state index contributed by atoms with van der Waals surface area (Å²) >= 11 is 0. The summed E-state index contributed by atoms with van der Waals surface area (Å²) in [6.45, 7) is 6.88. The maximum absolute atomic E-state index is 15.1. The number of carbonyl (C=O) groups is 2. The SMILES string of the molecule is CC1CCC2C(C1)c1c(c3ccccc3c3nc4ccc(C(=O)N(C5CCCCC5)C(C(=O)NC5CCCCC5)c5ccccc5)cc4nc13)OC2(C)C. The predicted octanol–water partition coefficient (Wildman–Crippen LogP) is 10.6. The van der Waals surface area contributed by atoms with Gasteiger partial charge in [0, 0.05) is 39.9 Å². The maximum atomic E-state index is 15.1. The molecule has 7 nitrogen and oxygen atoms in total. The van der Waals surface area contributed by atoms with Gasteiger partial charge in [-0.1, -0.05) is 106 Å². The average molecular weight is 723 g/mol. The standard InChI is InChI=1S/C47H54N4O3/c1-29-23-25-37-36(27-29)40-42-41(34-21-13-14-22-35(34)44(40)54-47(37,2)3)49-38-26-24-31(28-39(38)50-42)46(53)51(33-19-11-6-12-20-33)43(30-15-7-4-8-16-30)45(52)48-32-17-9-5-10-18-32/h4,7-8,13-16,21-22,24,26,28-29,32-33,36-37,43H,5-6,9-12,17-20,23,25,27H2,1-3H3,(H,48,52). The minimum absolute atomic E-state index is 0.0314. The summed E-state index contributed by atoms with van der Waals surface area (Å²) in [4.78, 5) is 42.3. The van der Waals surface area contributed by atoms with Crippen molar-refractivity contribution in [3.8, 4) is 5.75 Å². The van der Waals surface area contributed by atoms with Crippen molar-refractivity contribution >= 4 is 44.7 Å². The lowest BCUT2D eigenvalue weighted by atomic mass is 9.64. The molecule has 4 unspecified atom stereocenters. The lowest BCUT2D eigenvalue weighted by Gasteiger charge is -2.49. The Morgan fingerprint density at radius 1 is 0.778 bits per heavy atom. The summed E-state index contributed by atoms with van der Waals surface area (Å²) in [5.41, 5.74) is 5.52. The lowest BCUT2D eigenvalue weighted by Crippen LogP contribution is -2.51. The van der Waals surface area contributed by atoms with E-state index in [9.17, 15) is 4.79 Å². The number of ether oxygens (including phenoxy) is 1. The molecule has 0 saturated heterocycles. The Morgan fingerprint density at radius 3 is 2.22 bits per heavy atom. The first kappa shape index (κ1) is 35.2. The van der Waals surface area contributed by atoms with Crippen LogP contribution in [0.25, 0.3) is 32.8 Å².